The van der Waals surface area contributed by atoms with Gasteiger partial charge in [-0.3, -0.25) is 4.84 Å². The van der Waals surface area contributed by atoms with E-state index < -0.39 is 5.54 Å². The van der Waals surface area contributed by atoms with E-state index in [1.807, 2.05) is 7.05 Å². The fourth-order valence-electron chi connectivity index (χ4n) is 3.99. The van der Waals surface area contributed by atoms with E-state index in [9.17, 15) is 0 Å². The standard InChI is InChI=1S/C26H32N2O/c1-20-14-10-12-18-23(20)26(22-16-8-7-9-17-22,24-19-13-11-15-21(24)2)27-28(6)29-25(3,4)5/h7-19,27H,1-6H3. The minimum atomic E-state index is -0.599. The van der Waals surface area contributed by atoms with Crippen LogP contribution in [0.3, 0.4) is 0 Å². The molecule has 0 radical (unpaired) electrons. The van der Waals surface area contributed by atoms with Crippen molar-refractivity contribution in [3.63, 3.8) is 0 Å². The van der Waals surface area contributed by atoms with Gasteiger partial charge in [-0.05, 0) is 62.4 Å². The molecule has 0 spiro atoms. The Hall–Kier alpha value is -2.46. The Balaban J connectivity index is 2.31. The summed E-state index contributed by atoms with van der Waals surface area (Å²) in [4.78, 5) is 6.16. The molecule has 3 nitrogen and oxygen atoms in total. The van der Waals surface area contributed by atoms with Gasteiger partial charge in [-0.2, -0.15) is 0 Å². The highest BCUT2D eigenvalue weighted by Gasteiger charge is 2.40. The molecule has 0 aliphatic rings. The lowest BCUT2D eigenvalue weighted by Crippen LogP contribution is -2.54. The van der Waals surface area contributed by atoms with E-state index in [1.54, 1.807) is 5.17 Å². The molecule has 3 rings (SSSR count). The molecule has 0 saturated carbocycles. The number of rotatable bonds is 6. The summed E-state index contributed by atoms with van der Waals surface area (Å²) >= 11 is 0. The number of benzene rings is 3. The Bertz CT molecular complexity index is 899. The number of nitrogens with one attached hydrogen (secondary N) is 1. The Kier molecular flexibility index (Phi) is 6.23. The summed E-state index contributed by atoms with van der Waals surface area (Å²) in [5.74, 6) is 0. The van der Waals surface area contributed by atoms with Crippen molar-refractivity contribution in [1.82, 2.24) is 10.6 Å². The van der Waals surface area contributed by atoms with Crippen LogP contribution >= 0.6 is 0 Å². The monoisotopic (exact) mass is 388 g/mol. The van der Waals surface area contributed by atoms with E-state index in [1.165, 1.54) is 22.3 Å². The quantitative estimate of drug-likeness (QED) is 0.429. The van der Waals surface area contributed by atoms with Crippen LogP contribution in [-0.2, 0) is 10.4 Å². The summed E-state index contributed by atoms with van der Waals surface area (Å²) < 4.78 is 0. The Morgan fingerprint density at radius 2 is 1.14 bits per heavy atom. The molecule has 0 unspecified atom stereocenters. The molecule has 3 aromatic carbocycles. The van der Waals surface area contributed by atoms with E-state index in [2.05, 4.69) is 119 Å². The first-order valence-electron chi connectivity index (χ1n) is 10.1. The van der Waals surface area contributed by atoms with Crippen molar-refractivity contribution in [2.75, 3.05) is 7.05 Å². The van der Waals surface area contributed by atoms with Gasteiger partial charge in [0.15, 0.2) is 0 Å². The van der Waals surface area contributed by atoms with Crippen LogP contribution < -0.4 is 5.43 Å². The smallest absolute Gasteiger partial charge is 0.110 e. The lowest BCUT2D eigenvalue weighted by Gasteiger charge is -2.42. The van der Waals surface area contributed by atoms with Crippen molar-refractivity contribution in [2.24, 2.45) is 0 Å². The Morgan fingerprint density at radius 3 is 1.59 bits per heavy atom. The van der Waals surface area contributed by atoms with E-state index in [0.29, 0.717) is 0 Å². The molecule has 0 amide bonds. The molecule has 0 aliphatic carbocycles. The third-order valence-electron chi connectivity index (χ3n) is 5.04. The largest absolute Gasteiger partial charge is 0.279 e. The lowest BCUT2D eigenvalue weighted by atomic mass is 9.74. The molecular weight excluding hydrogens is 356 g/mol. The Labute approximate surface area is 175 Å². The molecule has 0 saturated heterocycles. The van der Waals surface area contributed by atoms with Crippen LogP contribution in [0.15, 0.2) is 78.9 Å². The Morgan fingerprint density at radius 1 is 0.690 bits per heavy atom. The average Bonchev–Trinajstić information content (AvgIpc) is 2.66. The molecule has 29 heavy (non-hydrogen) atoms. The van der Waals surface area contributed by atoms with Crippen molar-refractivity contribution >= 4 is 0 Å². The van der Waals surface area contributed by atoms with Crippen LogP contribution in [0, 0.1) is 13.8 Å². The number of hydrogen-bond donors (Lipinski definition) is 1. The van der Waals surface area contributed by atoms with Crippen molar-refractivity contribution in [3.8, 4) is 0 Å². The fourth-order valence-corrected chi connectivity index (χ4v) is 3.99. The molecule has 0 bridgehead atoms. The van der Waals surface area contributed by atoms with Gasteiger partial charge in [-0.25, -0.2) is 5.43 Å². The first-order chi connectivity index (χ1) is 13.7. The zero-order valence-corrected chi connectivity index (χ0v) is 18.4. The van der Waals surface area contributed by atoms with E-state index in [-0.39, 0.29) is 5.60 Å². The summed E-state index contributed by atoms with van der Waals surface area (Å²) in [5.41, 5.74) is 8.81. The molecule has 3 aromatic rings. The van der Waals surface area contributed by atoms with E-state index in [4.69, 9.17) is 4.84 Å². The van der Waals surface area contributed by atoms with Crippen LogP contribution in [0.25, 0.3) is 0 Å². The predicted octanol–water partition coefficient (Wildman–Crippen LogP) is 5.76. The summed E-state index contributed by atoms with van der Waals surface area (Å²) in [6.07, 6.45) is 0. The molecule has 3 heteroatoms. The van der Waals surface area contributed by atoms with Crippen LogP contribution in [0.1, 0.15) is 48.6 Å². The number of aryl methyl sites for hydroxylation is 2. The van der Waals surface area contributed by atoms with Crippen molar-refractivity contribution < 1.29 is 4.84 Å². The zero-order chi connectivity index (χ0) is 21.1. The summed E-state index contributed by atoms with van der Waals surface area (Å²) in [6, 6.07) is 27.7. The maximum absolute atomic E-state index is 6.16. The topological polar surface area (TPSA) is 24.5 Å². The summed E-state index contributed by atoms with van der Waals surface area (Å²) in [7, 11) is 1.93. The summed E-state index contributed by atoms with van der Waals surface area (Å²) in [5, 5.41) is 1.76. The minimum Gasteiger partial charge on any atom is -0.279 e. The third-order valence-corrected chi connectivity index (χ3v) is 5.04. The van der Waals surface area contributed by atoms with Gasteiger partial charge >= 0.3 is 0 Å². The maximum Gasteiger partial charge on any atom is 0.110 e. The highest BCUT2D eigenvalue weighted by atomic mass is 16.7. The number of nitrogens with zero attached hydrogens (tertiary/aromatic N) is 1. The second-order valence-corrected chi connectivity index (χ2v) is 8.56. The molecular formula is C26H32N2O. The number of hydrogen-bond acceptors (Lipinski definition) is 3. The third kappa shape index (κ3) is 4.59. The van der Waals surface area contributed by atoms with Gasteiger partial charge in [0.2, 0.25) is 0 Å². The van der Waals surface area contributed by atoms with Crippen LogP contribution in [-0.4, -0.2) is 17.8 Å². The van der Waals surface area contributed by atoms with E-state index >= 15 is 0 Å². The van der Waals surface area contributed by atoms with Crippen LogP contribution in [0.4, 0.5) is 0 Å². The second kappa shape index (κ2) is 8.50. The van der Waals surface area contributed by atoms with Crippen LogP contribution in [0.5, 0.6) is 0 Å². The van der Waals surface area contributed by atoms with Gasteiger partial charge in [-0.1, -0.05) is 78.9 Å². The van der Waals surface area contributed by atoms with Gasteiger partial charge in [-0.15, -0.1) is 5.17 Å². The molecule has 0 fully saturated rings. The van der Waals surface area contributed by atoms with E-state index in [0.717, 1.165) is 5.56 Å². The zero-order valence-electron chi connectivity index (χ0n) is 18.4. The first kappa shape index (κ1) is 21.3. The number of hydroxylamine groups is 1. The maximum atomic E-state index is 6.16. The van der Waals surface area contributed by atoms with Crippen molar-refractivity contribution in [1.29, 1.82) is 0 Å². The second-order valence-electron chi connectivity index (χ2n) is 8.56. The van der Waals surface area contributed by atoms with Gasteiger partial charge in [0.05, 0.1) is 5.60 Å². The fraction of sp³-hybridized carbons (Fsp3) is 0.308. The summed E-state index contributed by atoms with van der Waals surface area (Å²) in [6.45, 7) is 10.5. The minimum absolute atomic E-state index is 0.318. The van der Waals surface area contributed by atoms with Gasteiger partial charge in [0, 0.05) is 7.05 Å². The molecule has 152 valence electrons. The normalized spacial score (nSPS) is 12.4. The first-order valence-corrected chi connectivity index (χ1v) is 10.1. The van der Waals surface area contributed by atoms with Gasteiger partial charge in [0.25, 0.3) is 0 Å². The molecule has 1 N–H and O–H groups in total. The molecule has 0 heterocycles. The predicted molar refractivity (Wildman–Crippen MR) is 120 cm³/mol. The molecule has 0 aliphatic heterocycles. The van der Waals surface area contributed by atoms with Crippen LogP contribution in [0.2, 0.25) is 0 Å². The average molecular weight is 389 g/mol. The molecule has 0 atom stereocenters. The molecule has 0 aromatic heterocycles. The number of hydrazine groups is 1. The van der Waals surface area contributed by atoms with Gasteiger partial charge < -0.3 is 0 Å². The lowest BCUT2D eigenvalue weighted by molar-refractivity contribution is -0.251. The van der Waals surface area contributed by atoms with Crippen molar-refractivity contribution in [2.45, 2.75) is 45.8 Å². The SMILES string of the molecule is Cc1ccccc1C(NN(C)OC(C)(C)C)(c1ccccc1)c1ccccc1C. The highest BCUT2D eigenvalue weighted by molar-refractivity contribution is 5.53. The van der Waals surface area contributed by atoms with Gasteiger partial charge in [0.1, 0.15) is 5.54 Å². The highest BCUT2D eigenvalue weighted by Crippen LogP contribution is 2.40. The van der Waals surface area contributed by atoms with Crippen molar-refractivity contribution in [3.05, 3.63) is 107 Å².